The lowest BCUT2D eigenvalue weighted by Gasteiger charge is -2.00. The number of imidazole rings is 1. The fourth-order valence-corrected chi connectivity index (χ4v) is 3.38. The molecule has 0 amide bonds. The molecule has 3 nitrogen and oxygen atoms in total. The summed E-state index contributed by atoms with van der Waals surface area (Å²) in [4.78, 5) is 12.5. The number of hydrogen-bond donors (Lipinski definition) is 0. The normalized spacial score (nSPS) is 12.5. The largest absolute Gasteiger partial charge is 1.00 e. The van der Waals surface area contributed by atoms with Gasteiger partial charge in [0, 0.05) is 11.1 Å². The first-order valence-electron chi connectivity index (χ1n) is 8.28. The standard InChI is InChI=1S/C20H17F2N2O.BrH/c21-16-7-3-14(4-8-16)18-12-23(20-2-1-11-24(18)20)13-19(25)15-5-9-17(22)10-6-15;/h3-10,12H,1-2,11,13H2;1H/q+1;/p-1. The van der Waals surface area contributed by atoms with Crippen LogP contribution in [0.15, 0.2) is 54.7 Å². The molecule has 0 N–H and O–H groups in total. The molecule has 134 valence electrons. The summed E-state index contributed by atoms with van der Waals surface area (Å²) in [5, 5.41) is 0. The number of aromatic nitrogens is 2. The van der Waals surface area contributed by atoms with Crippen molar-refractivity contribution < 1.29 is 35.1 Å². The number of Topliss-reactive ketones (excluding diaryl/α,β-unsaturated/α-hetero) is 1. The average molecular weight is 419 g/mol. The molecule has 3 aromatic rings. The molecule has 1 aromatic heterocycles. The van der Waals surface area contributed by atoms with Crippen LogP contribution in [0.3, 0.4) is 0 Å². The van der Waals surface area contributed by atoms with E-state index >= 15 is 0 Å². The summed E-state index contributed by atoms with van der Waals surface area (Å²) < 4.78 is 30.4. The number of rotatable bonds is 4. The molecular weight excluding hydrogens is 402 g/mol. The van der Waals surface area contributed by atoms with Crippen LogP contribution < -0.4 is 21.5 Å². The van der Waals surface area contributed by atoms with Gasteiger partial charge in [-0.25, -0.2) is 17.9 Å². The van der Waals surface area contributed by atoms with Crippen LogP contribution in [0.4, 0.5) is 8.78 Å². The molecule has 26 heavy (non-hydrogen) atoms. The zero-order chi connectivity index (χ0) is 17.4. The Kier molecular flexibility index (Phi) is 5.32. The molecule has 0 saturated heterocycles. The molecule has 1 aliphatic heterocycles. The number of benzene rings is 2. The van der Waals surface area contributed by atoms with Gasteiger partial charge >= 0.3 is 0 Å². The van der Waals surface area contributed by atoms with Crippen LogP contribution in [0, 0.1) is 11.6 Å². The lowest BCUT2D eigenvalue weighted by atomic mass is 10.1. The van der Waals surface area contributed by atoms with E-state index in [2.05, 4.69) is 4.57 Å². The first kappa shape index (κ1) is 18.5. The van der Waals surface area contributed by atoms with E-state index in [1.54, 1.807) is 12.1 Å². The fraction of sp³-hybridized carbons (Fsp3) is 0.200. The van der Waals surface area contributed by atoms with E-state index in [4.69, 9.17) is 0 Å². The number of hydrogen-bond acceptors (Lipinski definition) is 1. The van der Waals surface area contributed by atoms with E-state index in [1.165, 1.54) is 36.4 Å². The molecule has 0 atom stereocenters. The molecule has 0 radical (unpaired) electrons. The number of halogens is 3. The van der Waals surface area contributed by atoms with Crippen LogP contribution in [0.5, 0.6) is 0 Å². The summed E-state index contributed by atoms with van der Waals surface area (Å²) in [6, 6.07) is 12.0. The predicted molar refractivity (Wildman–Crippen MR) is 89.1 cm³/mol. The van der Waals surface area contributed by atoms with Gasteiger partial charge in [0.25, 0.3) is 5.82 Å². The van der Waals surface area contributed by atoms with Crippen molar-refractivity contribution in [3.63, 3.8) is 0 Å². The van der Waals surface area contributed by atoms with Gasteiger partial charge in [-0.3, -0.25) is 4.79 Å². The van der Waals surface area contributed by atoms with Crippen LogP contribution in [-0.4, -0.2) is 10.4 Å². The molecule has 0 fully saturated rings. The van der Waals surface area contributed by atoms with Crippen molar-refractivity contribution in [2.24, 2.45) is 0 Å². The van der Waals surface area contributed by atoms with Crippen molar-refractivity contribution in [3.05, 3.63) is 77.8 Å². The third kappa shape index (κ3) is 3.46. The lowest BCUT2D eigenvalue weighted by Crippen LogP contribution is -3.00. The van der Waals surface area contributed by atoms with Gasteiger partial charge in [-0.15, -0.1) is 0 Å². The smallest absolute Gasteiger partial charge is 0.257 e. The molecule has 2 aromatic carbocycles. The van der Waals surface area contributed by atoms with E-state index in [0.717, 1.165) is 36.5 Å². The summed E-state index contributed by atoms with van der Waals surface area (Å²) >= 11 is 0. The van der Waals surface area contributed by atoms with E-state index in [-0.39, 0.29) is 40.9 Å². The van der Waals surface area contributed by atoms with Gasteiger partial charge in [0.15, 0.2) is 12.2 Å². The number of fused-ring (bicyclic) bond motifs is 1. The van der Waals surface area contributed by atoms with Crippen molar-refractivity contribution >= 4 is 5.78 Å². The third-order valence-corrected chi connectivity index (χ3v) is 4.61. The van der Waals surface area contributed by atoms with Crippen molar-refractivity contribution in [1.29, 1.82) is 0 Å². The summed E-state index contributed by atoms with van der Waals surface area (Å²) in [5.74, 6) is 0.412. The zero-order valence-electron chi connectivity index (χ0n) is 14.0. The highest BCUT2D eigenvalue weighted by molar-refractivity contribution is 5.95. The third-order valence-electron chi connectivity index (χ3n) is 4.61. The SMILES string of the molecule is O=C(C[n+]1cc(-c2ccc(F)cc2)n2c1CCC2)c1ccc(F)cc1.[Br-]. The summed E-state index contributed by atoms with van der Waals surface area (Å²) in [7, 11) is 0. The second-order valence-corrected chi connectivity index (χ2v) is 6.25. The second kappa shape index (κ2) is 7.50. The first-order chi connectivity index (χ1) is 12.1. The number of carbonyl (C=O) groups is 1. The molecule has 0 unspecified atom stereocenters. The minimum atomic E-state index is -0.354. The zero-order valence-corrected chi connectivity index (χ0v) is 15.5. The molecule has 2 heterocycles. The number of carbonyl (C=O) groups excluding carboxylic acids is 1. The quantitative estimate of drug-likeness (QED) is 0.448. The Bertz CT molecular complexity index is 934. The molecule has 0 bridgehead atoms. The monoisotopic (exact) mass is 418 g/mol. The maximum atomic E-state index is 13.2. The predicted octanol–water partition coefficient (Wildman–Crippen LogP) is 0.554. The topological polar surface area (TPSA) is 25.9 Å². The van der Waals surface area contributed by atoms with E-state index in [9.17, 15) is 13.6 Å². The van der Waals surface area contributed by atoms with Crippen molar-refractivity contribution in [3.8, 4) is 11.3 Å². The Morgan fingerprint density at radius 2 is 1.62 bits per heavy atom. The molecule has 0 saturated carbocycles. The van der Waals surface area contributed by atoms with Crippen molar-refractivity contribution in [1.82, 2.24) is 4.57 Å². The minimum Gasteiger partial charge on any atom is -1.00 e. The van der Waals surface area contributed by atoms with Gasteiger partial charge in [-0.05, 0) is 55.0 Å². The Labute approximate surface area is 160 Å². The van der Waals surface area contributed by atoms with Gasteiger partial charge in [0.05, 0.1) is 13.0 Å². The van der Waals surface area contributed by atoms with Gasteiger partial charge < -0.3 is 17.0 Å². The summed E-state index contributed by atoms with van der Waals surface area (Å²) in [5.41, 5.74) is 2.41. The van der Waals surface area contributed by atoms with E-state index in [0.29, 0.717) is 5.56 Å². The minimum absolute atomic E-state index is 0. The Morgan fingerprint density at radius 1 is 1.00 bits per heavy atom. The lowest BCUT2D eigenvalue weighted by molar-refractivity contribution is -0.689. The van der Waals surface area contributed by atoms with Crippen LogP contribution in [0.25, 0.3) is 11.3 Å². The average Bonchev–Trinajstić information content (AvgIpc) is 3.20. The highest BCUT2D eigenvalue weighted by atomic mass is 79.9. The van der Waals surface area contributed by atoms with Gasteiger partial charge in [0.1, 0.15) is 17.8 Å². The molecule has 1 aliphatic rings. The molecule has 6 heteroatoms. The van der Waals surface area contributed by atoms with E-state index in [1.807, 2.05) is 10.8 Å². The Hall–Kier alpha value is -2.34. The van der Waals surface area contributed by atoms with Crippen LogP contribution >= 0.6 is 0 Å². The first-order valence-corrected chi connectivity index (χ1v) is 8.28. The maximum Gasteiger partial charge on any atom is 0.257 e. The number of nitrogens with zero attached hydrogens (tertiary/aromatic N) is 2. The molecule has 0 aliphatic carbocycles. The second-order valence-electron chi connectivity index (χ2n) is 6.25. The highest BCUT2D eigenvalue weighted by Crippen LogP contribution is 2.25. The maximum absolute atomic E-state index is 13.2. The molecule has 4 rings (SSSR count). The van der Waals surface area contributed by atoms with Crippen LogP contribution in [-0.2, 0) is 19.5 Å². The van der Waals surface area contributed by atoms with Crippen molar-refractivity contribution in [2.45, 2.75) is 25.9 Å². The highest BCUT2D eigenvalue weighted by Gasteiger charge is 2.29. The Balaban J connectivity index is 0.00000196. The van der Waals surface area contributed by atoms with Gasteiger partial charge in [0.2, 0.25) is 5.78 Å². The van der Waals surface area contributed by atoms with Crippen molar-refractivity contribution in [2.75, 3.05) is 0 Å². The summed E-state index contributed by atoms with van der Waals surface area (Å²) in [6.07, 6.45) is 3.87. The fourth-order valence-electron chi connectivity index (χ4n) is 3.38. The Morgan fingerprint density at radius 3 is 2.27 bits per heavy atom. The number of ketones is 1. The summed E-state index contributed by atoms with van der Waals surface area (Å²) in [6.45, 7) is 1.10. The molecule has 0 spiro atoms. The van der Waals surface area contributed by atoms with Gasteiger partial charge in [-0.2, -0.15) is 0 Å². The van der Waals surface area contributed by atoms with Gasteiger partial charge in [-0.1, -0.05) is 0 Å². The van der Waals surface area contributed by atoms with Crippen LogP contribution in [0.1, 0.15) is 22.6 Å². The molecular formula is C20H17BrF2N2O. The van der Waals surface area contributed by atoms with Crippen LogP contribution in [0.2, 0.25) is 0 Å². The van der Waals surface area contributed by atoms with E-state index < -0.39 is 0 Å².